The second-order valence-electron chi connectivity index (χ2n) is 4.63. The highest BCUT2D eigenvalue weighted by molar-refractivity contribution is 9.11. The number of anilines is 1. The Morgan fingerprint density at radius 3 is 2.24 bits per heavy atom. The van der Waals surface area contributed by atoms with Crippen LogP contribution in [0.5, 0.6) is 0 Å². The summed E-state index contributed by atoms with van der Waals surface area (Å²) in [5.74, 6) is 0.632. The van der Waals surface area contributed by atoms with Crippen molar-refractivity contribution >= 4 is 37.7 Å². The van der Waals surface area contributed by atoms with E-state index in [0.29, 0.717) is 5.82 Å². The molecule has 3 rings (SSSR count). The summed E-state index contributed by atoms with van der Waals surface area (Å²) >= 11 is 7.02. The van der Waals surface area contributed by atoms with Crippen molar-refractivity contribution in [1.29, 1.82) is 0 Å². The highest BCUT2D eigenvalue weighted by Crippen LogP contribution is 2.37. The van der Waals surface area contributed by atoms with Gasteiger partial charge in [0.15, 0.2) is 0 Å². The van der Waals surface area contributed by atoms with E-state index in [9.17, 15) is 0 Å². The predicted octanol–water partition coefficient (Wildman–Crippen LogP) is 4.26. The van der Waals surface area contributed by atoms with E-state index in [1.807, 2.05) is 37.4 Å². The van der Waals surface area contributed by atoms with Gasteiger partial charge in [0, 0.05) is 34.0 Å². The third kappa shape index (κ3) is 2.73. The van der Waals surface area contributed by atoms with Gasteiger partial charge in [-0.1, -0.05) is 31.9 Å². The second-order valence-corrected chi connectivity index (χ2v) is 6.46. The van der Waals surface area contributed by atoms with E-state index in [1.165, 1.54) is 0 Å². The maximum Gasteiger partial charge on any atom is 0.129 e. The third-order valence-corrected chi connectivity index (χ3v) is 4.11. The number of rotatable bonds is 2. The van der Waals surface area contributed by atoms with Gasteiger partial charge >= 0.3 is 0 Å². The molecule has 0 unspecified atom stereocenters. The average Bonchev–Trinajstić information content (AvgIpc) is 2.75. The van der Waals surface area contributed by atoms with Gasteiger partial charge in [-0.2, -0.15) is 5.10 Å². The zero-order valence-electron chi connectivity index (χ0n) is 11.2. The first-order chi connectivity index (χ1) is 10.1. The monoisotopic (exact) mass is 406 g/mol. The Morgan fingerprint density at radius 1 is 1.00 bits per heavy atom. The summed E-state index contributed by atoms with van der Waals surface area (Å²) in [6, 6.07) is 9.91. The molecule has 0 fully saturated rings. The Bertz CT molecular complexity index is 777. The van der Waals surface area contributed by atoms with Gasteiger partial charge in [-0.3, -0.25) is 9.67 Å². The molecule has 0 aliphatic carbocycles. The van der Waals surface area contributed by atoms with Gasteiger partial charge in [0.1, 0.15) is 11.5 Å². The van der Waals surface area contributed by atoms with Crippen molar-refractivity contribution in [3.63, 3.8) is 0 Å². The summed E-state index contributed by atoms with van der Waals surface area (Å²) in [5.41, 5.74) is 9.97. The van der Waals surface area contributed by atoms with E-state index in [4.69, 9.17) is 5.73 Å². The third-order valence-electron chi connectivity index (χ3n) is 3.20. The molecule has 6 heteroatoms. The molecular weight excluding hydrogens is 396 g/mol. The van der Waals surface area contributed by atoms with E-state index in [1.54, 1.807) is 17.1 Å². The first-order valence-corrected chi connectivity index (χ1v) is 7.84. The summed E-state index contributed by atoms with van der Waals surface area (Å²) in [6.45, 7) is 0. The van der Waals surface area contributed by atoms with Gasteiger partial charge in [0.25, 0.3) is 0 Å². The Balaban J connectivity index is 2.26. The lowest BCUT2D eigenvalue weighted by molar-refractivity contribution is 0.782. The van der Waals surface area contributed by atoms with E-state index in [-0.39, 0.29) is 0 Å². The predicted molar refractivity (Wildman–Crippen MR) is 91.7 cm³/mol. The number of nitrogens with two attached hydrogens (primary N) is 1. The number of benzene rings is 1. The molecule has 0 atom stereocenters. The number of aryl methyl sites for hydroxylation is 1. The molecule has 0 aliphatic heterocycles. The van der Waals surface area contributed by atoms with Gasteiger partial charge in [0.2, 0.25) is 0 Å². The number of hydrogen-bond donors (Lipinski definition) is 1. The fourth-order valence-electron chi connectivity index (χ4n) is 2.23. The van der Waals surface area contributed by atoms with Gasteiger partial charge in [-0.05, 0) is 35.9 Å². The van der Waals surface area contributed by atoms with Crippen LogP contribution in [0.4, 0.5) is 5.82 Å². The van der Waals surface area contributed by atoms with Crippen LogP contribution in [-0.2, 0) is 7.05 Å². The van der Waals surface area contributed by atoms with Crippen LogP contribution in [0.3, 0.4) is 0 Å². The van der Waals surface area contributed by atoms with Crippen molar-refractivity contribution in [1.82, 2.24) is 14.8 Å². The Morgan fingerprint density at radius 2 is 1.62 bits per heavy atom. The summed E-state index contributed by atoms with van der Waals surface area (Å²) in [5, 5.41) is 4.57. The normalized spacial score (nSPS) is 10.8. The van der Waals surface area contributed by atoms with E-state index in [0.717, 1.165) is 31.3 Å². The molecule has 1 aromatic carbocycles. The van der Waals surface area contributed by atoms with Crippen LogP contribution in [-0.4, -0.2) is 14.8 Å². The smallest absolute Gasteiger partial charge is 0.129 e. The van der Waals surface area contributed by atoms with Gasteiger partial charge in [-0.15, -0.1) is 0 Å². The van der Waals surface area contributed by atoms with E-state index in [2.05, 4.69) is 41.9 Å². The molecule has 3 aromatic rings. The molecule has 2 heterocycles. The Kier molecular flexibility index (Phi) is 3.82. The molecule has 2 N–H and O–H groups in total. The van der Waals surface area contributed by atoms with E-state index >= 15 is 0 Å². The lowest BCUT2D eigenvalue weighted by atomic mass is 10.0. The molecular formula is C15H12Br2N4. The number of pyridine rings is 1. The lowest BCUT2D eigenvalue weighted by Gasteiger charge is -2.05. The number of aromatic nitrogens is 3. The maximum atomic E-state index is 6.21. The average molecular weight is 408 g/mol. The topological polar surface area (TPSA) is 56.7 Å². The van der Waals surface area contributed by atoms with Crippen molar-refractivity contribution in [3.05, 3.63) is 51.7 Å². The van der Waals surface area contributed by atoms with Crippen LogP contribution in [0.2, 0.25) is 0 Å². The minimum Gasteiger partial charge on any atom is -0.383 e. The van der Waals surface area contributed by atoms with Crippen molar-refractivity contribution in [3.8, 4) is 22.4 Å². The van der Waals surface area contributed by atoms with Crippen molar-refractivity contribution in [2.45, 2.75) is 0 Å². The molecule has 21 heavy (non-hydrogen) atoms. The van der Waals surface area contributed by atoms with Gasteiger partial charge in [0.05, 0.1) is 5.56 Å². The quantitative estimate of drug-likeness (QED) is 0.690. The van der Waals surface area contributed by atoms with Crippen LogP contribution in [0.1, 0.15) is 0 Å². The zero-order valence-corrected chi connectivity index (χ0v) is 14.4. The largest absolute Gasteiger partial charge is 0.383 e. The molecule has 2 aromatic heterocycles. The molecule has 0 bridgehead atoms. The Labute approximate surface area is 139 Å². The highest BCUT2D eigenvalue weighted by atomic mass is 79.9. The molecule has 106 valence electrons. The molecule has 0 aliphatic rings. The number of hydrogen-bond acceptors (Lipinski definition) is 3. The fourth-order valence-corrected chi connectivity index (χ4v) is 3.53. The summed E-state index contributed by atoms with van der Waals surface area (Å²) in [7, 11) is 1.84. The molecule has 0 radical (unpaired) electrons. The standard InChI is InChI=1S/C15H12Br2N4/c1-21-15(18)13(9-2-4-19-5-3-9)14(20-21)10-6-11(16)8-12(17)7-10/h2-8H,18H2,1H3. The molecule has 0 saturated carbocycles. The number of halogens is 2. The Hall–Kier alpha value is -1.66. The minimum absolute atomic E-state index is 0.632. The SMILES string of the molecule is Cn1nc(-c2cc(Br)cc(Br)c2)c(-c2ccncc2)c1N. The van der Waals surface area contributed by atoms with Crippen LogP contribution in [0.25, 0.3) is 22.4 Å². The van der Waals surface area contributed by atoms with Crippen molar-refractivity contribution < 1.29 is 0 Å². The van der Waals surface area contributed by atoms with Crippen LogP contribution < -0.4 is 5.73 Å². The van der Waals surface area contributed by atoms with Crippen molar-refractivity contribution in [2.75, 3.05) is 5.73 Å². The molecule has 0 amide bonds. The van der Waals surface area contributed by atoms with Crippen LogP contribution in [0, 0.1) is 0 Å². The molecule has 0 saturated heterocycles. The van der Waals surface area contributed by atoms with Crippen molar-refractivity contribution in [2.24, 2.45) is 7.05 Å². The molecule has 0 spiro atoms. The lowest BCUT2D eigenvalue weighted by Crippen LogP contribution is -1.97. The van der Waals surface area contributed by atoms with Crippen LogP contribution >= 0.6 is 31.9 Å². The minimum atomic E-state index is 0.632. The first kappa shape index (κ1) is 14.3. The number of nitrogen functional groups attached to an aromatic ring is 1. The first-order valence-electron chi connectivity index (χ1n) is 6.25. The van der Waals surface area contributed by atoms with Gasteiger partial charge < -0.3 is 5.73 Å². The summed E-state index contributed by atoms with van der Waals surface area (Å²) in [4.78, 5) is 4.05. The maximum absolute atomic E-state index is 6.21. The molecule has 4 nitrogen and oxygen atoms in total. The number of nitrogens with zero attached hydrogens (tertiary/aromatic N) is 3. The second kappa shape index (κ2) is 5.61. The highest BCUT2D eigenvalue weighted by Gasteiger charge is 2.17. The van der Waals surface area contributed by atoms with Crippen LogP contribution in [0.15, 0.2) is 51.7 Å². The van der Waals surface area contributed by atoms with Gasteiger partial charge in [-0.25, -0.2) is 0 Å². The fraction of sp³-hybridized carbons (Fsp3) is 0.0667. The summed E-state index contributed by atoms with van der Waals surface area (Å²) in [6.07, 6.45) is 3.50. The van der Waals surface area contributed by atoms with E-state index < -0.39 is 0 Å². The summed E-state index contributed by atoms with van der Waals surface area (Å²) < 4.78 is 3.66. The zero-order chi connectivity index (χ0) is 15.0.